The van der Waals surface area contributed by atoms with E-state index < -0.39 is 45.8 Å². The summed E-state index contributed by atoms with van der Waals surface area (Å²) in [6.45, 7) is 2.37. The molecule has 0 aliphatic carbocycles. The number of nitrogens with one attached hydrogen (secondary N) is 2. The molecule has 2 aromatic rings. The molecule has 0 saturated carbocycles. The summed E-state index contributed by atoms with van der Waals surface area (Å²) in [4.78, 5) is 24.1. The zero-order valence-corrected chi connectivity index (χ0v) is 16.9. The molecule has 3 rings (SSSR count). The largest absolute Gasteiger partial charge is 0.457 e. The van der Waals surface area contributed by atoms with Crippen LogP contribution in [0.25, 0.3) is 0 Å². The first-order chi connectivity index (χ1) is 14.0. The number of halogens is 1. The number of hydroxylamine groups is 1. The smallest absolute Gasteiger partial charge is 0.264 e. The van der Waals surface area contributed by atoms with Crippen molar-refractivity contribution in [3.05, 3.63) is 54.3 Å². The second kappa shape index (κ2) is 8.01. The fourth-order valence-electron chi connectivity index (χ4n) is 3.26. The molecular formula is C19H20FN3O6S. The zero-order valence-electron chi connectivity index (χ0n) is 16.1. The highest BCUT2D eigenvalue weighted by atomic mass is 32.2. The van der Waals surface area contributed by atoms with Gasteiger partial charge in [0.05, 0.1) is 17.0 Å². The van der Waals surface area contributed by atoms with E-state index in [9.17, 15) is 22.4 Å². The number of sulfonamides is 1. The molecular weight excluding hydrogens is 417 g/mol. The Morgan fingerprint density at radius 2 is 1.70 bits per heavy atom. The standard InChI is InChI=1S/C19H20FN3O6S/c1-19(2)17(18(25)22-26)23(11-16(24)21-19)30(27,28)15-9-7-14(8-10-15)29-13-5-3-12(20)4-6-13/h3-10,17,26H,11H2,1-2H3,(H,21,24)(H,22,25). The van der Waals surface area contributed by atoms with Crippen LogP contribution in [0.4, 0.5) is 4.39 Å². The van der Waals surface area contributed by atoms with Crippen LogP contribution in [0.2, 0.25) is 0 Å². The molecule has 160 valence electrons. The van der Waals surface area contributed by atoms with Crippen LogP contribution in [0, 0.1) is 5.82 Å². The van der Waals surface area contributed by atoms with E-state index in [-0.39, 0.29) is 4.90 Å². The van der Waals surface area contributed by atoms with E-state index in [2.05, 4.69) is 5.32 Å². The van der Waals surface area contributed by atoms with Gasteiger partial charge in [0, 0.05) is 0 Å². The lowest BCUT2D eigenvalue weighted by molar-refractivity contribution is -0.140. The lowest BCUT2D eigenvalue weighted by Crippen LogP contribution is -2.71. The van der Waals surface area contributed by atoms with Gasteiger partial charge >= 0.3 is 0 Å². The maximum Gasteiger partial charge on any atom is 0.264 e. The summed E-state index contributed by atoms with van der Waals surface area (Å²) in [7, 11) is -4.27. The number of rotatable bonds is 5. The number of carbonyl (C=O) groups excluding carboxylic acids is 2. The number of hydrogen-bond acceptors (Lipinski definition) is 6. The molecule has 30 heavy (non-hydrogen) atoms. The number of carbonyl (C=O) groups is 2. The van der Waals surface area contributed by atoms with Crippen molar-refractivity contribution in [1.82, 2.24) is 15.1 Å². The first kappa shape index (κ1) is 21.7. The molecule has 1 aliphatic rings. The average molecular weight is 437 g/mol. The highest BCUT2D eigenvalue weighted by Gasteiger charge is 2.50. The van der Waals surface area contributed by atoms with Crippen molar-refractivity contribution < 1.29 is 32.3 Å². The summed E-state index contributed by atoms with van der Waals surface area (Å²) in [5, 5.41) is 11.6. The van der Waals surface area contributed by atoms with E-state index in [1.165, 1.54) is 67.9 Å². The van der Waals surface area contributed by atoms with Crippen molar-refractivity contribution in [2.24, 2.45) is 0 Å². The second-order valence-corrected chi connectivity index (χ2v) is 9.12. The first-order valence-electron chi connectivity index (χ1n) is 8.85. The molecule has 0 spiro atoms. The van der Waals surface area contributed by atoms with E-state index in [1.807, 2.05) is 0 Å². The molecule has 11 heteroatoms. The lowest BCUT2D eigenvalue weighted by atomic mass is 9.91. The molecule has 2 amide bonds. The third-order valence-electron chi connectivity index (χ3n) is 4.57. The number of piperazine rings is 1. The van der Waals surface area contributed by atoms with Crippen LogP contribution < -0.4 is 15.5 Å². The Balaban J connectivity index is 1.90. The molecule has 1 heterocycles. The summed E-state index contributed by atoms with van der Waals surface area (Å²) in [6.07, 6.45) is 0. The first-order valence-corrected chi connectivity index (χ1v) is 10.3. The van der Waals surface area contributed by atoms with Crippen molar-refractivity contribution in [3.8, 4) is 11.5 Å². The van der Waals surface area contributed by atoms with E-state index in [0.717, 1.165) is 4.31 Å². The van der Waals surface area contributed by atoms with Gasteiger partial charge in [0.1, 0.15) is 23.4 Å². The minimum atomic E-state index is -4.27. The van der Waals surface area contributed by atoms with E-state index in [4.69, 9.17) is 9.94 Å². The van der Waals surface area contributed by atoms with Crippen LogP contribution in [0.1, 0.15) is 13.8 Å². The van der Waals surface area contributed by atoms with Gasteiger partial charge in [-0.1, -0.05) is 0 Å². The zero-order chi connectivity index (χ0) is 22.1. The summed E-state index contributed by atoms with van der Waals surface area (Å²) in [5.74, 6) is -1.30. The predicted molar refractivity (Wildman–Crippen MR) is 103 cm³/mol. The average Bonchev–Trinajstić information content (AvgIpc) is 2.68. The van der Waals surface area contributed by atoms with Gasteiger partial charge in [-0.3, -0.25) is 14.8 Å². The summed E-state index contributed by atoms with van der Waals surface area (Å²) >= 11 is 0. The molecule has 9 nitrogen and oxygen atoms in total. The molecule has 1 atom stereocenters. The van der Waals surface area contributed by atoms with Crippen molar-refractivity contribution in [3.63, 3.8) is 0 Å². The van der Waals surface area contributed by atoms with Crippen molar-refractivity contribution in [1.29, 1.82) is 0 Å². The van der Waals surface area contributed by atoms with Crippen molar-refractivity contribution in [2.75, 3.05) is 6.54 Å². The number of nitrogens with zero attached hydrogens (tertiary/aromatic N) is 1. The summed E-state index contributed by atoms with van der Waals surface area (Å²) in [6, 6.07) is 9.24. The molecule has 1 fully saturated rings. The summed E-state index contributed by atoms with van der Waals surface area (Å²) in [5.41, 5.74) is 0.193. The van der Waals surface area contributed by atoms with Gasteiger partial charge in [0.2, 0.25) is 15.9 Å². The van der Waals surface area contributed by atoms with Gasteiger partial charge in [-0.25, -0.2) is 18.3 Å². The number of hydrogen-bond donors (Lipinski definition) is 3. The Hall–Kier alpha value is -3.02. The Kier molecular flexibility index (Phi) is 5.79. The van der Waals surface area contributed by atoms with Crippen LogP contribution in [0.15, 0.2) is 53.4 Å². The maximum absolute atomic E-state index is 13.2. The Labute approximate surface area is 172 Å². The molecule has 1 aliphatic heterocycles. The minimum absolute atomic E-state index is 0.171. The quantitative estimate of drug-likeness (QED) is 0.480. The second-order valence-electron chi connectivity index (χ2n) is 7.23. The third kappa shape index (κ3) is 4.27. The van der Waals surface area contributed by atoms with Crippen LogP contribution in [0.5, 0.6) is 11.5 Å². The molecule has 3 N–H and O–H groups in total. The molecule has 2 aromatic carbocycles. The molecule has 1 saturated heterocycles. The van der Waals surface area contributed by atoms with Crippen LogP contribution in [-0.2, 0) is 19.6 Å². The van der Waals surface area contributed by atoms with Crippen LogP contribution in [0.3, 0.4) is 0 Å². The number of amides is 2. The minimum Gasteiger partial charge on any atom is -0.457 e. The lowest BCUT2D eigenvalue weighted by Gasteiger charge is -2.43. The molecule has 0 bridgehead atoms. The van der Waals surface area contributed by atoms with Gasteiger partial charge in [-0.05, 0) is 62.4 Å². The van der Waals surface area contributed by atoms with E-state index in [1.54, 1.807) is 0 Å². The predicted octanol–water partition coefficient (Wildman–Crippen LogP) is 1.39. The monoisotopic (exact) mass is 437 g/mol. The number of benzene rings is 2. The Morgan fingerprint density at radius 1 is 1.17 bits per heavy atom. The molecule has 1 unspecified atom stereocenters. The van der Waals surface area contributed by atoms with Gasteiger partial charge in [0.15, 0.2) is 0 Å². The van der Waals surface area contributed by atoms with Gasteiger partial charge < -0.3 is 10.1 Å². The number of ether oxygens (including phenoxy) is 1. The topological polar surface area (TPSA) is 125 Å². The third-order valence-corrected chi connectivity index (χ3v) is 6.40. The molecule has 0 radical (unpaired) electrons. The Morgan fingerprint density at radius 3 is 2.23 bits per heavy atom. The maximum atomic E-state index is 13.2. The SMILES string of the molecule is CC1(C)NC(=O)CN(S(=O)(=O)c2ccc(Oc3ccc(F)cc3)cc2)C1C(=O)NO. The van der Waals surface area contributed by atoms with Crippen molar-refractivity contribution in [2.45, 2.75) is 30.3 Å². The Bertz CT molecular complexity index is 1050. The van der Waals surface area contributed by atoms with Crippen LogP contribution in [-0.4, -0.2) is 47.9 Å². The molecule has 0 aromatic heterocycles. The highest BCUT2D eigenvalue weighted by Crippen LogP contribution is 2.29. The fourth-order valence-corrected chi connectivity index (χ4v) is 4.93. The highest BCUT2D eigenvalue weighted by molar-refractivity contribution is 7.89. The fraction of sp³-hybridized carbons (Fsp3) is 0.263. The van der Waals surface area contributed by atoms with E-state index >= 15 is 0 Å². The summed E-state index contributed by atoms with van der Waals surface area (Å²) < 4.78 is 45.6. The van der Waals surface area contributed by atoms with Gasteiger partial charge in [-0.2, -0.15) is 4.31 Å². The van der Waals surface area contributed by atoms with Gasteiger partial charge in [-0.15, -0.1) is 0 Å². The van der Waals surface area contributed by atoms with Crippen LogP contribution >= 0.6 is 0 Å². The van der Waals surface area contributed by atoms with Crippen molar-refractivity contribution >= 4 is 21.8 Å². The van der Waals surface area contributed by atoms with Gasteiger partial charge in [0.25, 0.3) is 5.91 Å². The van der Waals surface area contributed by atoms with E-state index in [0.29, 0.717) is 11.5 Å². The normalized spacial score (nSPS) is 19.1.